The molecule has 0 bridgehead atoms. The topological polar surface area (TPSA) is 79.3 Å². The molecule has 0 saturated heterocycles. The third-order valence-electron chi connectivity index (χ3n) is 3.57. The van der Waals surface area contributed by atoms with Crippen LogP contribution in [0.4, 0.5) is 0 Å². The molecule has 1 aromatic carbocycles. The van der Waals surface area contributed by atoms with Gasteiger partial charge in [-0.2, -0.15) is 0 Å². The van der Waals surface area contributed by atoms with E-state index in [0.717, 1.165) is 10.6 Å². The summed E-state index contributed by atoms with van der Waals surface area (Å²) in [6.07, 6.45) is 2.58. The van der Waals surface area contributed by atoms with Gasteiger partial charge >= 0.3 is 5.97 Å². The quantitative estimate of drug-likeness (QED) is 0.909. The highest BCUT2D eigenvalue weighted by Crippen LogP contribution is 2.29. The van der Waals surface area contributed by atoms with Gasteiger partial charge in [-0.1, -0.05) is 30.3 Å². The number of carboxylic acids is 1. The van der Waals surface area contributed by atoms with Crippen LogP contribution < -0.4 is 5.32 Å². The summed E-state index contributed by atoms with van der Waals surface area (Å²) in [5.41, 5.74) is 0.983. The van der Waals surface area contributed by atoms with Gasteiger partial charge < -0.3 is 10.4 Å². The van der Waals surface area contributed by atoms with E-state index in [2.05, 4.69) is 10.3 Å². The summed E-state index contributed by atoms with van der Waals surface area (Å²) in [4.78, 5) is 27.6. The molecule has 0 radical (unpaired) electrons. The molecule has 1 aliphatic rings. The van der Waals surface area contributed by atoms with Gasteiger partial charge in [-0.3, -0.25) is 9.59 Å². The number of benzene rings is 1. The Kier molecular flexibility index (Phi) is 3.70. The number of amides is 1. The van der Waals surface area contributed by atoms with Crippen LogP contribution in [0.2, 0.25) is 0 Å². The first-order valence-corrected chi connectivity index (χ1v) is 7.50. The van der Waals surface area contributed by atoms with Crippen molar-refractivity contribution in [3.05, 3.63) is 41.4 Å². The average molecular weight is 302 g/mol. The number of hydrogen-bond donors (Lipinski definition) is 2. The van der Waals surface area contributed by atoms with E-state index in [1.165, 1.54) is 11.3 Å². The zero-order chi connectivity index (χ0) is 14.8. The normalized spacial score (nSPS) is 20.6. The Morgan fingerprint density at radius 1 is 1.24 bits per heavy atom. The van der Waals surface area contributed by atoms with Crippen molar-refractivity contribution in [2.24, 2.45) is 5.92 Å². The second-order valence-electron chi connectivity index (χ2n) is 5.07. The second-order valence-corrected chi connectivity index (χ2v) is 6.10. The first kappa shape index (κ1) is 13.8. The van der Waals surface area contributed by atoms with Crippen LogP contribution >= 0.6 is 11.3 Å². The molecule has 108 valence electrons. The predicted molar refractivity (Wildman–Crippen MR) is 79.2 cm³/mol. The number of aliphatic carboxylic acids is 1. The highest BCUT2D eigenvalue weighted by molar-refractivity contribution is 7.16. The number of thiazole rings is 1. The molecule has 0 spiro atoms. The third-order valence-corrected chi connectivity index (χ3v) is 4.62. The summed E-state index contributed by atoms with van der Waals surface area (Å²) in [5, 5.41) is 12.5. The molecule has 2 aromatic rings. The van der Waals surface area contributed by atoms with E-state index >= 15 is 0 Å². The van der Waals surface area contributed by atoms with E-state index in [4.69, 9.17) is 5.11 Å². The number of carboxylic acid groups (broad SMARTS) is 1. The molecule has 3 rings (SSSR count). The number of hydrogen-bond acceptors (Lipinski definition) is 4. The molecule has 1 aliphatic carbocycles. The van der Waals surface area contributed by atoms with Crippen LogP contribution in [0.25, 0.3) is 10.6 Å². The van der Waals surface area contributed by atoms with Crippen molar-refractivity contribution in [1.29, 1.82) is 0 Å². The zero-order valence-corrected chi connectivity index (χ0v) is 12.0. The van der Waals surface area contributed by atoms with Crippen molar-refractivity contribution >= 4 is 23.2 Å². The molecule has 21 heavy (non-hydrogen) atoms. The molecule has 5 nitrogen and oxygen atoms in total. The highest BCUT2D eigenvalue weighted by atomic mass is 32.1. The first-order valence-electron chi connectivity index (χ1n) is 6.68. The summed E-state index contributed by atoms with van der Waals surface area (Å²) in [6, 6.07) is 9.64. The van der Waals surface area contributed by atoms with E-state index in [0.29, 0.717) is 17.7 Å². The van der Waals surface area contributed by atoms with Crippen LogP contribution in [0.5, 0.6) is 0 Å². The lowest BCUT2D eigenvalue weighted by Crippen LogP contribution is -2.46. The molecule has 1 saturated carbocycles. The van der Waals surface area contributed by atoms with Gasteiger partial charge in [0.15, 0.2) is 0 Å². The van der Waals surface area contributed by atoms with Crippen LogP contribution in [0.3, 0.4) is 0 Å². The summed E-state index contributed by atoms with van der Waals surface area (Å²) in [5.74, 6) is -1.29. The molecule has 1 aromatic heterocycles. The summed E-state index contributed by atoms with van der Waals surface area (Å²) in [7, 11) is 0. The highest BCUT2D eigenvalue weighted by Gasteiger charge is 2.35. The fraction of sp³-hybridized carbons (Fsp3) is 0.267. The maximum Gasteiger partial charge on any atom is 0.306 e. The van der Waals surface area contributed by atoms with Crippen molar-refractivity contribution in [3.8, 4) is 10.6 Å². The molecule has 0 aliphatic heterocycles. The predicted octanol–water partition coefficient (Wildman–Crippen LogP) is 2.40. The Balaban J connectivity index is 1.62. The zero-order valence-electron chi connectivity index (χ0n) is 11.2. The Morgan fingerprint density at radius 2 is 1.95 bits per heavy atom. The molecular formula is C15H14N2O3S. The third kappa shape index (κ3) is 2.95. The SMILES string of the molecule is O=C(NC1CC(C(=O)O)C1)c1cnc(-c2ccccc2)s1. The summed E-state index contributed by atoms with van der Waals surface area (Å²) in [6.45, 7) is 0. The van der Waals surface area contributed by atoms with Gasteiger partial charge in [0.05, 0.1) is 12.1 Å². The van der Waals surface area contributed by atoms with E-state index in [1.54, 1.807) is 6.20 Å². The van der Waals surface area contributed by atoms with Crippen LogP contribution in [-0.2, 0) is 4.79 Å². The molecule has 1 heterocycles. The monoisotopic (exact) mass is 302 g/mol. The maximum absolute atomic E-state index is 12.1. The van der Waals surface area contributed by atoms with Crippen molar-refractivity contribution in [2.45, 2.75) is 18.9 Å². The number of carbonyl (C=O) groups is 2. The number of nitrogens with zero attached hydrogens (tertiary/aromatic N) is 1. The van der Waals surface area contributed by atoms with Crippen molar-refractivity contribution < 1.29 is 14.7 Å². The Bertz CT molecular complexity index is 663. The molecule has 0 atom stereocenters. The largest absolute Gasteiger partial charge is 0.481 e. The molecule has 1 amide bonds. The van der Waals surface area contributed by atoms with E-state index in [9.17, 15) is 9.59 Å². The average Bonchev–Trinajstić information content (AvgIpc) is 2.92. The number of rotatable bonds is 4. The van der Waals surface area contributed by atoms with Crippen molar-refractivity contribution in [2.75, 3.05) is 0 Å². The second kappa shape index (κ2) is 5.65. The maximum atomic E-state index is 12.1. The standard InChI is InChI=1S/C15H14N2O3S/c18-13(17-11-6-10(7-11)15(19)20)12-8-16-14(21-12)9-4-2-1-3-5-9/h1-5,8,10-11H,6-7H2,(H,17,18)(H,19,20). The van der Waals surface area contributed by atoms with E-state index < -0.39 is 5.97 Å². The lowest BCUT2D eigenvalue weighted by atomic mass is 9.80. The van der Waals surface area contributed by atoms with Gasteiger partial charge in [-0.25, -0.2) is 4.98 Å². The van der Waals surface area contributed by atoms with Gasteiger partial charge in [0.25, 0.3) is 5.91 Å². The van der Waals surface area contributed by atoms with Gasteiger partial charge in [-0.05, 0) is 12.8 Å². The molecular weight excluding hydrogens is 288 g/mol. The Labute approximate surface area is 125 Å². The molecule has 1 fully saturated rings. The van der Waals surface area contributed by atoms with E-state index in [-0.39, 0.29) is 17.9 Å². The van der Waals surface area contributed by atoms with Crippen molar-refractivity contribution in [1.82, 2.24) is 10.3 Å². The number of carbonyl (C=O) groups excluding carboxylic acids is 1. The minimum absolute atomic E-state index is 0.0409. The van der Waals surface area contributed by atoms with E-state index in [1.807, 2.05) is 30.3 Å². The first-order chi connectivity index (χ1) is 10.1. The Hall–Kier alpha value is -2.21. The molecule has 6 heteroatoms. The van der Waals surface area contributed by atoms with Gasteiger partial charge in [-0.15, -0.1) is 11.3 Å². The summed E-state index contributed by atoms with van der Waals surface area (Å²) >= 11 is 1.34. The summed E-state index contributed by atoms with van der Waals surface area (Å²) < 4.78 is 0. The van der Waals surface area contributed by atoms with Gasteiger partial charge in [0.2, 0.25) is 0 Å². The Morgan fingerprint density at radius 3 is 2.62 bits per heavy atom. The van der Waals surface area contributed by atoms with Crippen LogP contribution in [0, 0.1) is 5.92 Å². The van der Waals surface area contributed by atoms with Gasteiger partial charge in [0.1, 0.15) is 9.88 Å². The number of nitrogens with one attached hydrogen (secondary N) is 1. The van der Waals surface area contributed by atoms with Gasteiger partial charge in [0, 0.05) is 11.6 Å². The van der Waals surface area contributed by atoms with Crippen LogP contribution in [-0.4, -0.2) is 28.0 Å². The lowest BCUT2D eigenvalue weighted by molar-refractivity contribution is -0.145. The van der Waals surface area contributed by atoms with Crippen molar-refractivity contribution in [3.63, 3.8) is 0 Å². The smallest absolute Gasteiger partial charge is 0.306 e. The minimum atomic E-state index is -0.787. The minimum Gasteiger partial charge on any atom is -0.481 e. The van der Waals surface area contributed by atoms with Crippen LogP contribution in [0.15, 0.2) is 36.5 Å². The van der Waals surface area contributed by atoms with Crippen LogP contribution in [0.1, 0.15) is 22.5 Å². The fourth-order valence-corrected chi connectivity index (χ4v) is 3.11. The molecule has 2 N–H and O–H groups in total. The lowest BCUT2D eigenvalue weighted by Gasteiger charge is -2.32. The molecule has 0 unspecified atom stereocenters. The fourth-order valence-electron chi connectivity index (χ4n) is 2.29. The number of aromatic nitrogens is 1.